The smallest absolute Gasteiger partial charge is 0.416 e. The molecule has 11 heteroatoms. The van der Waals surface area contributed by atoms with E-state index in [0.717, 1.165) is 39.9 Å². The molecule has 0 bridgehead atoms. The molecular formula is C36H25ClF3N3O4. The van der Waals surface area contributed by atoms with Crippen molar-refractivity contribution in [3.05, 3.63) is 131 Å². The van der Waals surface area contributed by atoms with Gasteiger partial charge < -0.3 is 14.5 Å². The standard InChI is InChI=1S/C36H25ClF3N3O4/c1-2-46-30-18-21(14-17-29(30)47-35(45)23-9-7-10-24(19-23)36(38,39)40)20-41-43-34(44)33-31(26-12-5-6-13-28(26)37)27-16-15-22-8-3-4-11-25(22)32(27)42-33/h3-20,42H,2H2,1H3,(H,43,44). The van der Waals surface area contributed by atoms with Gasteiger partial charge in [0.25, 0.3) is 5.91 Å². The third-order valence-corrected chi connectivity index (χ3v) is 7.67. The van der Waals surface area contributed by atoms with Crippen LogP contribution in [0.1, 0.15) is 38.9 Å². The molecule has 6 aromatic rings. The maximum Gasteiger partial charge on any atom is 0.416 e. The van der Waals surface area contributed by atoms with Gasteiger partial charge in [-0.3, -0.25) is 4.79 Å². The van der Waals surface area contributed by atoms with Crippen molar-refractivity contribution < 1.29 is 32.2 Å². The lowest BCUT2D eigenvalue weighted by Crippen LogP contribution is -2.19. The maximum absolute atomic E-state index is 13.6. The van der Waals surface area contributed by atoms with E-state index < -0.39 is 23.6 Å². The number of carbonyl (C=O) groups is 2. The second-order valence-electron chi connectivity index (χ2n) is 10.4. The Morgan fingerprint density at radius 1 is 0.894 bits per heavy atom. The Balaban J connectivity index is 1.26. The van der Waals surface area contributed by atoms with Crippen molar-refractivity contribution in [1.82, 2.24) is 10.4 Å². The van der Waals surface area contributed by atoms with Gasteiger partial charge in [0, 0.05) is 26.9 Å². The van der Waals surface area contributed by atoms with Gasteiger partial charge in [-0.05, 0) is 60.3 Å². The number of hydrazone groups is 1. The molecule has 5 aromatic carbocycles. The number of carbonyl (C=O) groups excluding carboxylic acids is 2. The highest BCUT2D eigenvalue weighted by molar-refractivity contribution is 6.34. The molecule has 0 fully saturated rings. The van der Waals surface area contributed by atoms with Crippen LogP contribution < -0.4 is 14.9 Å². The minimum Gasteiger partial charge on any atom is -0.490 e. The monoisotopic (exact) mass is 655 g/mol. The predicted octanol–water partition coefficient (Wildman–Crippen LogP) is 9.04. The van der Waals surface area contributed by atoms with Crippen molar-refractivity contribution in [1.29, 1.82) is 0 Å². The summed E-state index contributed by atoms with van der Waals surface area (Å²) >= 11 is 6.58. The van der Waals surface area contributed by atoms with Crippen LogP contribution in [0, 0.1) is 0 Å². The van der Waals surface area contributed by atoms with E-state index in [1.54, 1.807) is 19.1 Å². The number of hydrogen-bond acceptors (Lipinski definition) is 5. The molecule has 0 aliphatic heterocycles. The number of esters is 1. The lowest BCUT2D eigenvalue weighted by atomic mass is 9.99. The van der Waals surface area contributed by atoms with Crippen LogP contribution in [-0.4, -0.2) is 29.7 Å². The third kappa shape index (κ3) is 6.54. The van der Waals surface area contributed by atoms with Crippen LogP contribution in [-0.2, 0) is 6.18 Å². The van der Waals surface area contributed by atoms with E-state index in [1.165, 1.54) is 24.4 Å². The topological polar surface area (TPSA) is 92.8 Å². The minimum atomic E-state index is -4.61. The van der Waals surface area contributed by atoms with Crippen molar-refractivity contribution in [2.75, 3.05) is 6.61 Å². The number of nitrogens with one attached hydrogen (secondary N) is 2. The van der Waals surface area contributed by atoms with Gasteiger partial charge in [0.1, 0.15) is 5.69 Å². The Morgan fingerprint density at radius 2 is 1.68 bits per heavy atom. The summed E-state index contributed by atoms with van der Waals surface area (Å²) in [6.07, 6.45) is -3.23. The highest BCUT2D eigenvalue weighted by Gasteiger charge is 2.31. The fourth-order valence-electron chi connectivity index (χ4n) is 5.21. The summed E-state index contributed by atoms with van der Waals surface area (Å²) in [5.74, 6) is -1.32. The number of halogens is 4. The molecule has 0 saturated carbocycles. The number of ether oxygens (including phenoxy) is 2. The molecule has 0 radical (unpaired) electrons. The summed E-state index contributed by atoms with van der Waals surface area (Å²) < 4.78 is 50.3. The number of benzene rings is 5. The molecule has 0 unspecified atom stereocenters. The molecule has 1 aromatic heterocycles. The van der Waals surface area contributed by atoms with Crippen molar-refractivity contribution >= 4 is 51.4 Å². The number of hydrogen-bond donors (Lipinski definition) is 2. The zero-order valence-electron chi connectivity index (χ0n) is 24.7. The first-order valence-electron chi connectivity index (χ1n) is 14.4. The SMILES string of the molecule is CCOc1cc(C=NNC(=O)c2[nH]c3c(ccc4ccccc43)c2-c2ccccc2Cl)ccc1OC(=O)c1cccc(C(F)(F)F)c1. The summed E-state index contributed by atoms with van der Waals surface area (Å²) in [6.45, 7) is 1.94. The average molecular weight is 656 g/mol. The number of rotatable bonds is 8. The molecule has 1 heterocycles. The molecule has 236 valence electrons. The summed E-state index contributed by atoms with van der Waals surface area (Å²) in [5, 5.41) is 7.39. The van der Waals surface area contributed by atoms with Gasteiger partial charge in [-0.1, -0.05) is 72.3 Å². The van der Waals surface area contributed by atoms with Crippen LogP contribution in [0.2, 0.25) is 5.02 Å². The van der Waals surface area contributed by atoms with Gasteiger partial charge >= 0.3 is 12.1 Å². The Hall–Kier alpha value is -5.61. The molecule has 2 N–H and O–H groups in total. The van der Waals surface area contributed by atoms with E-state index in [2.05, 4.69) is 15.5 Å². The normalized spacial score (nSPS) is 11.7. The Labute approximate surface area is 271 Å². The first-order valence-corrected chi connectivity index (χ1v) is 14.8. The molecule has 1 amide bonds. The van der Waals surface area contributed by atoms with Crippen LogP contribution >= 0.6 is 11.6 Å². The number of aromatic amines is 1. The van der Waals surface area contributed by atoms with Crippen molar-refractivity contribution in [2.24, 2.45) is 5.10 Å². The van der Waals surface area contributed by atoms with E-state index in [-0.39, 0.29) is 29.4 Å². The number of H-pyrrole nitrogens is 1. The molecule has 0 spiro atoms. The molecule has 0 aliphatic rings. The first-order chi connectivity index (χ1) is 22.6. The molecule has 7 nitrogen and oxygen atoms in total. The summed E-state index contributed by atoms with van der Waals surface area (Å²) in [4.78, 5) is 29.5. The minimum absolute atomic E-state index is 0.00475. The van der Waals surface area contributed by atoms with E-state index in [4.69, 9.17) is 21.1 Å². The van der Waals surface area contributed by atoms with Crippen LogP contribution in [0.4, 0.5) is 13.2 Å². The van der Waals surface area contributed by atoms with Crippen LogP contribution in [0.15, 0.2) is 108 Å². The number of fused-ring (bicyclic) bond motifs is 3. The zero-order valence-corrected chi connectivity index (χ0v) is 25.4. The zero-order chi connectivity index (χ0) is 33.1. The van der Waals surface area contributed by atoms with Crippen LogP contribution in [0.25, 0.3) is 32.8 Å². The van der Waals surface area contributed by atoms with Gasteiger partial charge in [0.05, 0.1) is 29.5 Å². The molecule has 47 heavy (non-hydrogen) atoms. The number of alkyl halides is 3. The van der Waals surface area contributed by atoms with E-state index in [9.17, 15) is 22.8 Å². The van der Waals surface area contributed by atoms with E-state index in [0.29, 0.717) is 21.7 Å². The average Bonchev–Trinajstić information content (AvgIpc) is 3.46. The number of aromatic nitrogens is 1. The quantitative estimate of drug-likeness (QED) is 0.0741. The highest BCUT2D eigenvalue weighted by Crippen LogP contribution is 2.39. The van der Waals surface area contributed by atoms with Crippen molar-refractivity contribution in [2.45, 2.75) is 13.1 Å². The fourth-order valence-corrected chi connectivity index (χ4v) is 5.44. The second-order valence-corrected chi connectivity index (χ2v) is 10.8. The second kappa shape index (κ2) is 13.0. The summed E-state index contributed by atoms with van der Waals surface area (Å²) in [5.41, 5.74) is 4.18. The van der Waals surface area contributed by atoms with Crippen molar-refractivity contribution in [3.63, 3.8) is 0 Å². The first kappa shape index (κ1) is 31.4. The molecule has 0 saturated heterocycles. The Kier molecular flexibility index (Phi) is 8.69. The molecule has 0 atom stereocenters. The summed E-state index contributed by atoms with van der Waals surface area (Å²) in [6, 6.07) is 27.5. The van der Waals surface area contributed by atoms with E-state index in [1.807, 2.05) is 54.6 Å². The number of nitrogens with zero attached hydrogens (tertiary/aromatic N) is 1. The van der Waals surface area contributed by atoms with Crippen LogP contribution in [0.3, 0.4) is 0 Å². The van der Waals surface area contributed by atoms with Gasteiger partial charge in [0.15, 0.2) is 11.5 Å². The fraction of sp³-hybridized carbons (Fsp3) is 0.0833. The largest absolute Gasteiger partial charge is 0.490 e. The van der Waals surface area contributed by atoms with Crippen molar-refractivity contribution in [3.8, 4) is 22.6 Å². The lowest BCUT2D eigenvalue weighted by Gasteiger charge is -2.12. The van der Waals surface area contributed by atoms with Gasteiger partial charge in [-0.15, -0.1) is 0 Å². The Morgan fingerprint density at radius 3 is 2.47 bits per heavy atom. The molecule has 0 aliphatic carbocycles. The van der Waals surface area contributed by atoms with E-state index >= 15 is 0 Å². The predicted molar refractivity (Wildman–Crippen MR) is 175 cm³/mol. The third-order valence-electron chi connectivity index (χ3n) is 7.34. The summed E-state index contributed by atoms with van der Waals surface area (Å²) in [7, 11) is 0. The number of amides is 1. The van der Waals surface area contributed by atoms with Gasteiger partial charge in [0.2, 0.25) is 0 Å². The van der Waals surface area contributed by atoms with Gasteiger partial charge in [-0.2, -0.15) is 18.3 Å². The highest BCUT2D eigenvalue weighted by atomic mass is 35.5. The molecule has 6 rings (SSSR count). The van der Waals surface area contributed by atoms with Gasteiger partial charge in [-0.25, -0.2) is 10.2 Å². The van der Waals surface area contributed by atoms with Crippen LogP contribution in [0.5, 0.6) is 11.5 Å². The maximum atomic E-state index is 13.6. The Bertz CT molecular complexity index is 2180. The molecular weight excluding hydrogens is 631 g/mol. The lowest BCUT2D eigenvalue weighted by molar-refractivity contribution is -0.137.